The Morgan fingerprint density at radius 1 is 1.12 bits per heavy atom. The highest BCUT2D eigenvalue weighted by molar-refractivity contribution is 5.77. The van der Waals surface area contributed by atoms with E-state index in [0.717, 1.165) is 16.7 Å². The van der Waals surface area contributed by atoms with Crippen molar-refractivity contribution in [3.8, 4) is 5.75 Å². The maximum absolute atomic E-state index is 12.1. The number of hydrogen-bond acceptors (Lipinski definition) is 4. The van der Waals surface area contributed by atoms with Crippen molar-refractivity contribution < 1.29 is 19.4 Å². The fourth-order valence-corrected chi connectivity index (χ4v) is 2.37. The standard InChI is InChI=1S/C20H25NO4/c1-15-7-9-17(10-8-15)19(24-12-11-22)13-21-20(23)14-25-18-6-4-3-5-16(18)2/h3-10,19,22H,11-14H2,1-2H3,(H,21,23)/t19-/m1/s1. The molecule has 5 nitrogen and oxygen atoms in total. The summed E-state index contributed by atoms with van der Waals surface area (Å²) in [4.78, 5) is 12.1. The fourth-order valence-electron chi connectivity index (χ4n) is 2.37. The topological polar surface area (TPSA) is 67.8 Å². The first-order chi connectivity index (χ1) is 12.1. The number of benzene rings is 2. The van der Waals surface area contributed by atoms with Crippen LogP contribution in [0.25, 0.3) is 0 Å². The number of hydrogen-bond donors (Lipinski definition) is 2. The van der Waals surface area contributed by atoms with Crippen LogP contribution in [0.3, 0.4) is 0 Å². The number of ether oxygens (including phenoxy) is 2. The van der Waals surface area contributed by atoms with Crippen molar-refractivity contribution in [1.29, 1.82) is 0 Å². The molecule has 2 rings (SSSR count). The summed E-state index contributed by atoms with van der Waals surface area (Å²) in [6.45, 7) is 4.37. The van der Waals surface area contributed by atoms with Crippen molar-refractivity contribution in [2.75, 3.05) is 26.4 Å². The van der Waals surface area contributed by atoms with Crippen LogP contribution in [0.15, 0.2) is 48.5 Å². The number of aliphatic hydroxyl groups excluding tert-OH is 1. The number of carbonyl (C=O) groups excluding carboxylic acids is 1. The minimum atomic E-state index is -0.310. The van der Waals surface area contributed by atoms with Crippen LogP contribution in [0.2, 0.25) is 0 Å². The van der Waals surface area contributed by atoms with Crippen LogP contribution in [0, 0.1) is 13.8 Å². The molecule has 5 heteroatoms. The Bertz CT molecular complexity index is 670. The van der Waals surface area contributed by atoms with Gasteiger partial charge >= 0.3 is 0 Å². The average Bonchev–Trinajstić information content (AvgIpc) is 2.62. The van der Waals surface area contributed by atoms with Gasteiger partial charge in [-0.1, -0.05) is 48.0 Å². The molecule has 0 saturated heterocycles. The number of amides is 1. The first kappa shape index (κ1) is 19.0. The summed E-state index contributed by atoms with van der Waals surface area (Å²) in [6.07, 6.45) is -0.310. The normalized spacial score (nSPS) is 11.8. The fraction of sp³-hybridized carbons (Fsp3) is 0.350. The summed E-state index contributed by atoms with van der Waals surface area (Å²) in [5.74, 6) is 0.484. The third-order valence-corrected chi connectivity index (χ3v) is 3.80. The lowest BCUT2D eigenvalue weighted by Gasteiger charge is -2.19. The lowest BCUT2D eigenvalue weighted by atomic mass is 10.1. The Hall–Kier alpha value is -2.37. The maximum Gasteiger partial charge on any atom is 0.258 e. The van der Waals surface area contributed by atoms with Gasteiger partial charge in [-0.25, -0.2) is 0 Å². The van der Waals surface area contributed by atoms with Crippen LogP contribution in [-0.4, -0.2) is 37.4 Å². The largest absolute Gasteiger partial charge is 0.484 e. The van der Waals surface area contributed by atoms with Gasteiger partial charge in [0.05, 0.1) is 19.3 Å². The summed E-state index contributed by atoms with van der Waals surface area (Å²) in [7, 11) is 0. The van der Waals surface area contributed by atoms with Crippen molar-refractivity contribution in [3.63, 3.8) is 0 Å². The number of para-hydroxylation sites is 1. The van der Waals surface area contributed by atoms with Gasteiger partial charge in [0.15, 0.2) is 6.61 Å². The van der Waals surface area contributed by atoms with Crippen LogP contribution >= 0.6 is 0 Å². The molecule has 0 heterocycles. The van der Waals surface area contributed by atoms with E-state index in [9.17, 15) is 4.79 Å². The van der Waals surface area contributed by atoms with Gasteiger partial charge in [0.25, 0.3) is 5.91 Å². The Morgan fingerprint density at radius 3 is 2.52 bits per heavy atom. The van der Waals surface area contributed by atoms with E-state index in [-0.39, 0.29) is 31.8 Å². The quantitative estimate of drug-likeness (QED) is 0.734. The van der Waals surface area contributed by atoms with Crippen LogP contribution in [0.4, 0.5) is 0 Å². The molecule has 1 atom stereocenters. The molecule has 0 radical (unpaired) electrons. The molecule has 0 aromatic heterocycles. The Labute approximate surface area is 148 Å². The van der Waals surface area contributed by atoms with Gasteiger partial charge in [-0.3, -0.25) is 4.79 Å². The van der Waals surface area contributed by atoms with Gasteiger partial charge < -0.3 is 19.9 Å². The van der Waals surface area contributed by atoms with E-state index in [1.165, 1.54) is 0 Å². The predicted molar refractivity (Wildman–Crippen MR) is 96.6 cm³/mol. The molecule has 0 fully saturated rings. The first-order valence-corrected chi connectivity index (χ1v) is 8.34. The monoisotopic (exact) mass is 343 g/mol. The Morgan fingerprint density at radius 2 is 1.84 bits per heavy atom. The number of carbonyl (C=O) groups is 1. The molecule has 0 saturated carbocycles. The van der Waals surface area contributed by atoms with Crippen LogP contribution < -0.4 is 10.1 Å². The molecule has 0 aliphatic heterocycles. The molecule has 2 aromatic rings. The average molecular weight is 343 g/mol. The molecule has 0 aliphatic rings. The third kappa shape index (κ3) is 6.21. The van der Waals surface area contributed by atoms with Gasteiger partial charge in [-0.2, -0.15) is 0 Å². The number of aryl methyl sites for hydroxylation is 2. The van der Waals surface area contributed by atoms with Gasteiger partial charge in [-0.15, -0.1) is 0 Å². The summed E-state index contributed by atoms with van der Waals surface area (Å²) >= 11 is 0. The van der Waals surface area contributed by atoms with E-state index in [2.05, 4.69) is 5.32 Å². The van der Waals surface area contributed by atoms with Crippen molar-refractivity contribution in [2.24, 2.45) is 0 Å². The van der Waals surface area contributed by atoms with Crippen LogP contribution in [0.5, 0.6) is 5.75 Å². The van der Waals surface area contributed by atoms with Crippen LogP contribution in [0.1, 0.15) is 22.8 Å². The molecular weight excluding hydrogens is 318 g/mol. The lowest BCUT2D eigenvalue weighted by Crippen LogP contribution is -2.33. The Balaban J connectivity index is 1.87. The van der Waals surface area contributed by atoms with E-state index >= 15 is 0 Å². The highest BCUT2D eigenvalue weighted by atomic mass is 16.5. The molecule has 2 aromatic carbocycles. The molecule has 1 amide bonds. The van der Waals surface area contributed by atoms with Gasteiger partial charge in [-0.05, 0) is 31.0 Å². The van der Waals surface area contributed by atoms with Gasteiger partial charge in [0.1, 0.15) is 5.75 Å². The molecule has 25 heavy (non-hydrogen) atoms. The van der Waals surface area contributed by atoms with Gasteiger partial charge in [0.2, 0.25) is 0 Å². The van der Waals surface area contributed by atoms with Crippen molar-refractivity contribution in [1.82, 2.24) is 5.32 Å². The zero-order chi connectivity index (χ0) is 18.1. The molecule has 0 aliphatic carbocycles. The van der Waals surface area contributed by atoms with Crippen molar-refractivity contribution in [2.45, 2.75) is 20.0 Å². The minimum absolute atomic E-state index is 0.0501. The van der Waals surface area contributed by atoms with E-state index in [4.69, 9.17) is 14.6 Å². The molecule has 0 spiro atoms. The SMILES string of the molecule is Cc1ccc([C@@H](CNC(=O)COc2ccccc2C)OCCO)cc1. The van der Waals surface area contributed by atoms with Crippen molar-refractivity contribution >= 4 is 5.91 Å². The maximum atomic E-state index is 12.1. The number of rotatable bonds is 9. The van der Waals surface area contributed by atoms with E-state index < -0.39 is 0 Å². The second-order valence-corrected chi connectivity index (χ2v) is 5.85. The summed E-state index contributed by atoms with van der Waals surface area (Å²) in [5.41, 5.74) is 3.10. The van der Waals surface area contributed by atoms with Crippen LogP contribution in [-0.2, 0) is 9.53 Å². The third-order valence-electron chi connectivity index (χ3n) is 3.80. The summed E-state index contributed by atoms with van der Waals surface area (Å²) in [6, 6.07) is 15.5. The first-order valence-electron chi connectivity index (χ1n) is 8.34. The zero-order valence-corrected chi connectivity index (χ0v) is 14.7. The van der Waals surface area contributed by atoms with E-state index in [1.807, 2.05) is 62.4 Å². The zero-order valence-electron chi connectivity index (χ0n) is 14.7. The predicted octanol–water partition coefficient (Wildman–Crippen LogP) is 2.55. The number of nitrogens with one attached hydrogen (secondary N) is 1. The highest BCUT2D eigenvalue weighted by Gasteiger charge is 2.14. The molecule has 2 N–H and O–H groups in total. The van der Waals surface area contributed by atoms with Crippen molar-refractivity contribution in [3.05, 3.63) is 65.2 Å². The second kappa shape index (κ2) is 9.81. The van der Waals surface area contributed by atoms with E-state index in [0.29, 0.717) is 12.3 Å². The molecule has 0 unspecified atom stereocenters. The molecular formula is C20H25NO4. The minimum Gasteiger partial charge on any atom is -0.484 e. The highest BCUT2D eigenvalue weighted by Crippen LogP contribution is 2.18. The lowest BCUT2D eigenvalue weighted by molar-refractivity contribution is -0.123. The number of aliphatic hydroxyl groups is 1. The smallest absolute Gasteiger partial charge is 0.258 e. The summed E-state index contributed by atoms with van der Waals surface area (Å²) in [5, 5.41) is 11.8. The Kier molecular flexibility index (Phi) is 7.44. The van der Waals surface area contributed by atoms with E-state index in [1.54, 1.807) is 0 Å². The molecule has 0 bridgehead atoms. The van der Waals surface area contributed by atoms with Gasteiger partial charge in [0, 0.05) is 6.54 Å². The molecule has 134 valence electrons. The summed E-state index contributed by atoms with van der Waals surface area (Å²) < 4.78 is 11.2. The second-order valence-electron chi connectivity index (χ2n) is 5.85.